The second-order valence-electron chi connectivity index (χ2n) is 9.35. The van der Waals surface area contributed by atoms with Crippen LogP contribution in [0.2, 0.25) is 0 Å². The van der Waals surface area contributed by atoms with Gasteiger partial charge in [0, 0.05) is 38.5 Å². The topological polar surface area (TPSA) is 135 Å². The Morgan fingerprint density at radius 1 is 0.811 bits per heavy atom. The van der Waals surface area contributed by atoms with E-state index in [0.29, 0.717) is 6.42 Å². The number of carbonyl (C=O) groups excluding carboxylic acids is 5. The van der Waals surface area contributed by atoms with Gasteiger partial charge in [0.15, 0.2) is 18.5 Å². The third-order valence-electron chi connectivity index (χ3n) is 6.39. The van der Waals surface area contributed by atoms with Crippen LogP contribution >= 0.6 is 0 Å². The van der Waals surface area contributed by atoms with Crippen molar-refractivity contribution in [2.45, 2.75) is 111 Å². The van der Waals surface area contributed by atoms with Gasteiger partial charge < -0.3 is 23.7 Å². The highest BCUT2D eigenvalue weighted by molar-refractivity contribution is 6.19. The first-order chi connectivity index (χ1) is 17.5. The third-order valence-corrected chi connectivity index (χ3v) is 6.39. The van der Waals surface area contributed by atoms with Gasteiger partial charge in [0.25, 0.3) is 11.8 Å². The van der Waals surface area contributed by atoms with E-state index < -0.39 is 60.4 Å². The molecule has 0 aromatic carbocycles. The van der Waals surface area contributed by atoms with E-state index in [1.807, 2.05) is 0 Å². The SMILES string of the molecule is CCCCCCCCO[C@@H]1O[C@H](COC(C)=O)[C@@H](OC(C)=O)[C@H](OC(C)=O)[C@H]1N1C(=O)C(C)=C(C)C1=O. The summed E-state index contributed by atoms with van der Waals surface area (Å²) in [7, 11) is 0. The molecule has 11 nitrogen and oxygen atoms in total. The lowest BCUT2D eigenvalue weighted by Crippen LogP contribution is -2.67. The van der Waals surface area contributed by atoms with Crippen molar-refractivity contribution in [3.8, 4) is 0 Å². The van der Waals surface area contributed by atoms with Gasteiger partial charge in [-0.1, -0.05) is 39.0 Å². The van der Waals surface area contributed by atoms with Gasteiger partial charge in [0.1, 0.15) is 18.8 Å². The maximum absolute atomic E-state index is 13.1. The second kappa shape index (κ2) is 14.2. The molecule has 5 atom stereocenters. The smallest absolute Gasteiger partial charge is 0.303 e. The Labute approximate surface area is 217 Å². The number of unbranched alkanes of at least 4 members (excludes halogenated alkanes) is 5. The van der Waals surface area contributed by atoms with Gasteiger partial charge in [-0.3, -0.25) is 28.9 Å². The van der Waals surface area contributed by atoms with Crippen LogP contribution < -0.4 is 0 Å². The van der Waals surface area contributed by atoms with Gasteiger partial charge in [-0.25, -0.2) is 0 Å². The Balaban J connectivity index is 2.40. The summed E-state index contributed by atoms with van der Waals surface area (Å²) in [5.41, 5.74) is 0.486. The summed E-state index contributed by atoms with van der Waals surface area (Å²) in [4.78, 5) is 62.8. The monoisotopic (exact) mass is 525 g/mol. The maximum Gasteiger partial charge on any atom is 0.303 e. The summed E-state index contributed by atoms with van der Waals surface area (Å²) < 4.78 is 28.2. The molecule has 0 aromatic rings. The van der Waals surface area contributed by atoms with Crippen molar-refractivity contribution in [1.82, 2.24) is 4.90 Å². The quantitative estimate of drug-likeness (QED) is 0.153. The zero-order valence-electron chi connectivity index (χ0n) is 22.6. The van der Waals surface area contributed by atoms with Gasteiger partial charge in [-0.05, 0) is 20.3 Å². The van der Waals surface area contributed by atoms with E-state index in [0.717, 1.165) is 50.9 Å². The van der Waals surface area contributed by atoms with Gasteiger partial charge >= 0.3 is 17.9 Å². The van der Waals surface area contributed by atoms with Crippen LogP contribution in [0.15, 0.2) is 11.1 Å². The van der Waals surface area contributed by atoms with Crippen molar-refractivity contribution in [2.24, 2.45) is 0 Å². The molecule has 0 saturated carbocycles. The first kappa shape index (κ1) is 30.4. The molecule has 37 heavy (non-hydrogen) atoms. The van der Waals surface area contributed by atoms with Crippen molar-refractivity contribution in [2.75, 3.05) is 13.2 Å². The Hall–Kier alpha value is -2.79. The molecule has 0 unspecified atom stereocenters. The number of carbonyl (C=O) groups is 5. The van der Waals surface area contributed by atoms with Crippen LogP contribution in [-0.4, -0.2) is 78.5 Å². The number of hydrogen-bond donors (Lipinski definition) is 0. The lowest BCUT2D eigenvalue weighted by atomic mass is 9.94. The second-order valence-corrected chi connectivity index (χ2v) is 9.35. The predicted octanol–water partition coefficient (Wildman–Crippen LogP) is 2.59. The predicted molar refractivity (Wildman–Crippen MR) is 130 cm³/mol. The molecule has 208 valence electrons. The van der Waals surface area contributed by atoms with Crippen LogP contribution in [0, 0.1) is 0 Å². The molecule has 2 heterocycles. The standard InChI is InChI=1S/C26H39NO10/c1-7-8-9-10-11-12-13-33-26-21(27-24(31)15(2)16(3)25(27)32)23(36-19(6)30)22(35-18(5)29)20(37-26)14-34-17(4)28/h20-23,26H,7-14H2,1-6H3/t20-,21-,22-,23-,26-/m1/s1. The average Bonchev–Trinajstić information content (AvgIpc) is 3.01. The number of ether oxygens (including phenoxy) is 5. The van der Waals surface area contributed by atoms with Crippen LogP contribution in [0.1, 0.15) is 80.1 Å². The molecular formula is C26H39NO10. The van der Waals surface area contributed by atoms with Crippen molar-refractivity contribution < 1.29 is 47.7 Å². The van der Waals surface area contributed by atoms with Crippen molar-refractivity contribution in [3.63, 3.8) is 0 Å². The van der Waals surface area contributed by atoms with Crippen molar-refractivity contribution in [3.05, 3.63) is 11.1 Å². The first-order valence-electron chi connectivity index (χ1n) is 12.8. The normalized spacial score (nSPS) is 25.9. The molecule has 2 amide bonds. The zero-order valence-corrected chi connectivity index (χ0v) is 22.6. The first-order valence-corrected chi connectivity index (χ1v) is 12.8. The van der Waals surface area contributed by atoms with E-state index in [-0.39, 0.29) is 24.4 Å². The fourth-order valence-electron chi connectivity index (χ4n) is 4.42. The van der Waals surface area contributed by atoms with Crippen molar-refractivity contribution in [1.29, 1.82) is 0 Å². The number of nitrogens with zero attached hydrogens (tertiary/aromatic N) is 1. The highest BCUT2D eigenvalue weighted by Gasteiger charge is 2.56. The summed E-state index contributed by atoms with van der Waals surface area (Å²) in [6.07, 6.45) is 1.15. The van der Waals surface area contributed by atoms with Gasteiger partial charge in [0.05, 0.1) is 0 Å². The molecule has 2 aliphatic heterocycles. The van der Waals surface area contributed by atoms with Crippen LogP contribution in [0.5, 0.6) is 0 Å². The fourth-order valence-corrected chi connectivity index (χ4v) is 4.42. The largest absolute Gasteiger partial charge is 0.463 e. The fraction of sp³-hybridized carbons (Fsp3) is 0.731. The molecule has 0 bridgehead atoms. The minimum atomic E-state index is -1.32. The van der Waals surface area contributed by atoms with Gasteiger partial charge in [0.2, 0.25) is 0 Å². The summed E-state index contributed by atoms with van der Waals surface area (Å²) in [6, 6.07) is -1.24. The lowest BCUT2D eigenvalue weighted by molar-refractivity contribution is -0.288. The number of esters is 3. The Bertz CT molecular complexity index is 874. The lowest BCUT2D eigenvalue weighted by Gasteiger charge is -2.47. The molecule has 0 aliphatic carbocycles. The highest BCUT2D eigenvalue weighted by Crippen LogP contribution is 2.35. The number of imide groups is 1. The minimum Gasteiger partial charge on any atom is -0.463 e. The Morgan fingerprint density at radius 2 is 1.35 bits per heavy atom. The van der Waals surface area contributed by atoms with Gasteiger partial charge in [-0.2, -0.15) is 0 Å². The molecule has 1 saturated heterocycles. The minimum absolute atomic E-state index is 0.243. The number of hydrogen-bond acceptors (Lipinski definition) is 10. The average molecular weight is 526 g/mol. The maximum atomic E-state index is 13.1. The summed E-state index contributed by atoms with van der Waals surface area (Å²) in [5, 5.41) is 0. The molecule has 0 N–H and O–H groups in total. The zero-order chi connectivity index (χ0) is 27.7. The molecular weight excluding hydrogens is 486 g/mol. The molecule has 11 heteroatoms. The highest BCUT2D eigenvalue weighted by atomic mass is 16.7. The summed E-state index contributed by atoms with van der Waals surface area (Å²) in [6.45, 7) is 8.64. The summed E-state index contributed by atoms with van der Waals surface area (Å²) >= 11 is 0. The molecule has 2 rings (SSSR count). The molecule has 1 fully saturated rings. The van der Waals surface area contributed by atoms with Crippen LogP contribution in [-0.2, 0) is 47.7 Å². The third kappa shape index (κ3) is 8.10. The van der Waals surface area contributed by atoms with E-state index in [4.69, 9.17) is 23.7 Å². The van der Waals surface area contributed by atoms with E-state index in [1.54, 1.807) is 0 Å². The Kier molecular flexibility index (Phi) is 11.7. The van der Waals surface area contributed by atoms with E-state index in [9.17, 15) is 24.0 Å². The summed E-state index contributed by atoms with van der Waals surface area (Å²) in [5.74, 6) is -3.20. The number of rotatable bonds is 13. The Morgan fingerprint density at radius 3 is 1.89 bits per heavy atom. The number of amides is 2. The molecule has 2 aliphatic rings. The van der Waals surface area contributed by atoms with Crippen LogP contribution in [0.25, 0.3) is 0 Å². The van der Waals surface area contributed by atoms with Crippen LogP contribution in [0.3, 0.4) is 0 Å². The van der Waals surface area contributed by atoms with E-state index >= 15 is 0 Å². The van der Waals surface area contributed by atoms with E-state index in [1.165, 1.54) is 20.8 Å². The van der Waals surface area contributed by atoms with Gasteiger partial charge in [-0.15, -0.1) is 0 Å². The van der Waals surface area contributed by atoms with Crippen LogP contribution in [0.4, 0.5) is 0 Å². The van der Waals surface area contributed by atoms with E-state index in [2.05, 4.69) is 6.92 Å². The van der Waals surface area contributed by atoms with Crippen molar-refractivity contribution >= 4 is 29.7 Å². The molecule has 0 spiro atoms. The molecule has 0 radical (unpaired) electrons. The molecule has 0 aromatic heterocycles.